The van der Waals surface area contributed by atoms with Crippen molar-refractivity contribution < 1.29 is 4.74 Å². The van der Waals surface area contributed by atoms with E-state index in [0.717, 1.165) is 30.4 Å². The molecule has 21 heavy (non-hydrogen) atoms. The summed E-state index contributed by atoms with van der Waals surface area (Å²) < 4.78 is 8.20. The number of ether oxygens (including phenoxy) is 1. The van der Waals surface area contributed by atoms with Gasteiger partial charge >= 0.3 is 0 Å². The van der Waals surface area contributed by atoms with Crippen molar-refractivity contribution in [2.24, 2.45) is 0 Å². The molecule has 0 heterocycles. The summed E-state index contributed by atoms with van der Waals surface area (Å²) in [4.78, 5) is 0. The lowest BCUT2D eigenvalue weighted by molar-refractivity contribution is 0.410. The molecule has 0 saturated heterocycles. The number of nitriles is 1. The molecular weight excluding hydrogens is 464 g/mol. The first-order valence-corrected chi connectivity index (χ1v) is 8.38. The predicted molar refractivity (Wildman–Crippen MR) is 94.6 cm³/mol. The first-order valence-electron chi connectivity index (χ1n) is 6.00. The summed E-state index contributed by atoms with van der Waals surface area (Å²) in [6, 6.07) is 11.5. The van der Waals surface area contributed by atoms with E-state index in [2.05, 4.69) is 59.2 Å². The molecule has 0 aromatic heterocycles. The summed E-state index contributed by atoms with van der Waals surface area (Å²) >= 11 is 10.5. The first kappa shape index (κ1) is 16.3. The minimum atomic E-state index is 0.553. The van der Waals surface area contributed by atoms with Crippen LogP contribution in [-0.2, 0) is 6.54 Å². The Kier molecular flexibility index (Phi) is 5.68. The minimum Gasteiger partial charge on any atom is -0.496 e. The number of nitrogens with one attached hydrogen (secondary N) is 1. The number of methoxy groups -OCH3 is 1. The number of anilines is 1. The van der Waals surface area contributed by atoms with Gasteiger partial charge in [-0.2, -0.15) is 5.26 Å². The van der Waals surface area contributed by atoms with E-state index in [1.54, 1.807) is 19.2 Å². The Labute approximate surface area is 148 Å². The maximum absolute atomic E-state index is 9.00. The third-order valence-corrected chi connectivity index (χ3v) is 4.58. The van der Waals surface area contributed by atoms with Gasteiger partial charge in [0, 0.05) is 25.5 Å². The Morgan fingerprint density at radius 1 is 1.14 bits per heavy atom. The summed E-state index contributed by atoms with van der Waals surface area (Å²) in [5.74, 6) is 0.755. The zero-order chi connectivity index (χ0) is 15.4. The Balaban J connectivity index is 2.26. The molecule has 0 unspecified atom stereocenters. The maximum Gasteiger partial charge on any atom is 0.123 e. The molecule has 0 aliphatic rings. The molecule has 2 rings (SSSR count). The van der Waals surface area contributed by atoms with Gasteiger partial charge in [0.25, 0.3) is 0 Å². The molecule has 0 atom stereocenters. The third kappa shape index (κ3) is 4.00. The number of benzene rings is 2. The molecule has 108 valence electrons. The average Bonchev–Trinajstić information content (AvgIpc) is 2.45. The van der Waals surface area contributed by atoms with Crippen LogP contribution in [0.3, 0.4) is 0 Å². The van der Waals surface area contributed by atoms with Crippen molar-refractivity contribution in [1.29, 1.82) is 5.26 Å². The van der Waals surface area contributed by atoms with Crippen LogP contribution in [0.25, 0.3) is 0 Å². The molecule has 2 aromatic rings. The number of nitrogens with zero attached hydrogens (tertiary/aromatic N) is 1. The number of rotatable bonds is 4. The third-order valence-electron chi connectivity index (χ3n) is 2.87. The van der Waals surface area contributed by atoms with Gasteiger partial charge in [0.2, 0.25) is 0 Å². The van der Waals surface area contributed by atoms with E-state index in [-0.39, 0.29) is 0 Å². The molecule has 0 saturated carbocycles. The van der Waals surface area contributed by atoms with Gasteiger partial charge in [0.05, 0.1) is 24.4 Å². The summed E-state index contributed by atoms with van der Waals surface area (Å²) in [7, 11) is 1.62. The molecular formula is C15H11Br3N2O. The highest BCUT2D eigenvalue weighted by Crippen LogP contribution is 2.35. The van der Waals surface area contributed by atoms with Crippen LogP contribution >= 0.6 is 47.8 Å². The Hall–Kier alpha value is -1.03. The fourth-order valence-electron chi connectivity index (χ4n) is 1.88. The highest BCUT2D eigenvalue weighted by molar-refractivity contribution is 9.11. The van der Waals surface area contributed by atoms with E-state index in [0.29, 0.717) is 12.1 Å². The summed E-state index contributed by atoms with van der Waals surface area (Å²) in [6.07, 6.45) is 0. The minimum absolute atomic E-state index is 0.553. The largest absolute Gasteiger partial charge is 0.496 e. The van der Waals surface area contributed by atoms with E-state index in [9.17, 15) is 0 Å². The second kappa shape index (κ2) is 7.30. The van der Waals surface area contributed by atoms with Crippen molar-refractivity contribution in [3.8, 4) is 11.8 Å². The Morgan fingerprint density at radius 2 is 1.81 bits per heavy atom. The van der Waals surface area contributed by atoms with Crippen LogP contribution in [0.4, 0.5) is 5.69 Å². The van der Waals surface area contributed by atoms with E-state index >= 15 is 0 Å². The van der Waals surface area contributed by atoms with Gasteiger partial charge in [0.15, 0.2) is 0 Å². The lowest BCUT2D eigenvalue weighted by Crippen LogP contribution is -2.03. The second-order valence-corrected chi connectivity index (χ2v) is 6.86. The van der Waals surface area contributed by atoms with E-state index in [1.165, 1.54) is 0 Å². The molecule has 3 nitrogen and oxygen atoms in total. The maximum atomic E-state index is 9.00. The number of hydrogen-bond donors (Lipinski definition) is 1. The molecule has 6 heteroatoms. The van der Waals surface area contributed by atoms with Crippen LogP contribution < -0.4 is 10.1 Å². The monoisotopic (exact) mass is 472 g/mol. The normalized spacial score (nSPS) is 10.0. The molecule has 0 aliphatic heterocycles. The zero-order valence-corrected chi connectivity index (χ0v) is 15.8. The molecule has 2 aromatic carbocycles. The smallest absolute Gasteiger partial charge is 0.123 e. The van der Waals surface area contributed by atoms with Crippen LogP contribution in [-0.4, -0.2) is 7.11 Å². The molecule has 0 bridgehead atoms. The summed E-state index contributed by atoms with van der Waals surface area (Å²) in [5, 5.41) is 12.3. The van der Waals surface area contributed by atoms with Crippen LogP contribution in [0.2, 0.25) is 0 Å². The Morgan fingerprint density at radius 3 is 2.38 bits per heavy atom. The number of hydrogen-bond acceptors (Lipinski definition) is 3. The fraction of sp³-hybridized carbons (Fsp3) is 0.133. The van der Waals surface area contributed by atoms with E-state index in [1.807, 2.05) is 18.2 Å². The average molecular weight is 475 g/mol. The first-order chi connectivity index (χ1) is 10.0. The standard InChI is InChI=1S/C15H11Br3N2O/c1-21-14-3-2-9(7-19)4-10(14)8-20-15-12(17)5-11(16)6-13(15)18/h2-6,20H,8H2,1H3. The van der Waals surface area contributed by atoms with Gasteiger partial charge in [-0.05, 0) is 62.2 Å². The van der Waals surface area contributed by atoms with E-state index in [4.69, 9.17) is 10.00 Å². The molecule has 0 amide bonds. The van der Waals surface area contributed by atoms with Crippen LogP contribution in [0.5, 0.6) is 5.75 Å². The van der Waals surface area contributed by atoms with Gasteiger partial charge in [0.1, 0.15) is 5.75 Å². The quantitative estimate of drug-likeness (QED) is 0.639. The molecule has 0 spiro atoms. The van der Waals surface area contributed by atoms with Crippen molar-refractivity contribution in [3.05, 3.63) is 54.9 Å². The van der Waals surface area contributed by atoms with E-state index < -0.39 is 0 Å². The van der Waals surface area contributed by atoms with Crippen molar-refractivity contribution in [2.75, 3.05) is 12.4 Å². The summed E-state index contributed by atoms with van der Waals surface area (Å²) in [6.45, 7) is 0.553. The number of halogens is 3. The lowest BCUT2D eigenvalue weighted by atomic mass is 10.1. The molecule has 0 fully saturated rings. The van der Waals surface area contributed by atoms with Crippen molar-refractivity contribution in [3.63, 3.8) is 0 Å². The molecule has 0 aliphatic carbocycles. The highest BCUT2D eigenvalue weighted by Gasteiger charge is 2.09. The van der Waals surface area contributed by atoms with Crippen molar-refractivity contribution in [2.45, 2.75) is 6.54 Å². The van der Waals surface area contributed by atoms with Crippen LogP contribution in [0.15, 0.2) is 43.7 Å². The topological polar surface area (TPSA) is 45.0 Å². The van der Waals surface area contributed by atoms with Gasteiger partial charge in [-0.25, -0.2) is 0 Å². The fourth-order valence-corrected chi connectivity index (χ4v) is 4.42. The van der Waals surface area contributed by atoms with Gasteiger partial charge in [-0.15, -0.1) is 0 Å². The Bertz CT molecular complexity index is 688. The molecule has 1 N–H and O–H groups in total. The SMILES string of the molecule is COc1ccc(C#N)cc1CNc1c(Br)cc(Br)cc1Br. The molecule has 0 radical (unpaired) electrons. The van der Waals surface area contributed by atoms with Gasteiger partial charge in [-0.1, -0.05) is 15.9 Å². The van der Waals surface area contributed by atoms with Gasteiger partial charge in [-0.3, -0.25) is 0 Å². The lowest BCUT2D eigenvalue weighted by Gasteiger charge is -2.14. The highest BCUT2D eigenvalue weighted by atomic mass is 79.9. The van der Waals surface area contributed by atoms with Gasteiger partial charge < -0.3 is 10.1 Å². The van der Waals surface area contributed by atoms with Crippen LogP contribution in [0, 0.1) is 11.3 Å². The second-order valence-electron chi connectivity index (χ2n) is 4.24. The van der Waals surface area contributed by atoms with Crippen LogP contribution in [0.1, 0.15) is 11.1 Å². The predicted octanol–water partition coefficient (Wildman–Crippen LogP) is 5.47. The zero-order valence-electron chi connectivity index (χ0n) is 11.1. The van der Waals surface area contributed by atoms with Crippen molar-refractivity contribution >= 4 is 53.5 Å². The van der Waals surface area contributed by atoms with Crippen molar-refractivity contribution in [1.82, 2.24) is 0 Å². The summed E-state index contributed by atoms with van der Waals surface area (Å²) in [5.41, 5.74) is 2.49.